The highest BCUT2D eigenvalue weighted by Gasteiger charge is 2.19. The Labute approximate surface area is 200 Å². The molecule has 1 fully saturated rings. The highest BCUT2D eigenvalue weighted by molar-refractivity contribution is 5.80. The van der Waals surface area contributed by atoms with Crippen molar-refractivity contribution in [1.82, 2.24) is 19.7 Å². The molecular weight excluding hydrogens is 428 g/mol. The summed E-state index contributed by atoms with van der Waals surface area (Å²) < 4.78 is 18.5. The minimum atomic E-state index is 0.696. The largest absolute Gasteiger partial charge is 0.497 e. The number of benzene rings is 1. The van der Waals surface area contributed by atoms with Crippen LogP contribution in [0.25, 0.3) is 22.3 Å². The van der Waals surface area contributed by atoms with Gasteiger partial charge in [0.2, 0.25) is 0 Å². The summed E-state index contributed by atoms with van der Waals surface area (Å²) in [5, 5.41) is 4.10. The number of hydrogen-bond acceptors (Lipinski definition) is 6. The molecule has 1 aliphatic heterocycles. The van der Waals surface area contributed by atoms with E-state index in [9.17, 15) is 0 Å². The van der Waals surface area contributed by atoms with Crippen molar-refractivity contribution in [1.29, 1.82) is 0 Å². The molecule has 5 rings (SSSR count). The van der Waals surface area contributed by atoms with Crippen molar-refractivity contribution >= 4 is 11.2 Å². The van der Waals surface area contributed by atoms with Crippen LogP contribution < -0.4 is 4.74 Å². The first kappa shape index (κ1) is 22.6. The monoisotopic (exact) mass is 460 g/mol. The fraction of sp³-hybridized carbons (Fsp3) is 0.444. The van der Waals surface area contributed by atoms with E-state index in [-0.39, 0.29) is 0 Å². The zero-order valence-corrected chi connectivity index (χ0v) is 20.2. The fourth-order valence-corrected chi connectivity index (χ4v) is 4.91. The first-order valence-corrected chi connectivity index (χ1v) is 12.1. The minimum Gasteiger partial charge on any atom is -0.497 e. The summed E-state index contributed by atoms with van der Waals surface area (Å²) in [5.41, 5.74) is 6.03. The predicted octanol–water partition coefficient (Wildman–Crippen LogP) is 5.31. The van der Waals surface area contributed by atoms with Crippen molar-refractivity contribution in [3.63, 3.8) is 0 Å². The van der Waals surface area contributed by atoms with Gasteiger partial charge >= 0.3 is 0 Å². The first-order chi connectivity index (χ1) is 16.6. The van der Waals surface area contributed by atoms with E-state index in [0.29, 0.717) is 5.92 Å². The van der Waals surface area contributed by atoms with E-state index in [4.69, 9.17) is 24.0 Å². The lowest BCUT2D eigenvalue weighted by Crippen LogP contribution is -2.18. The predicted molar refractivity (Wildman–Crippen MR) is 131 cm³/mol. The Bertz CT molecular complexity index is 1230. The number of pyridine rings is 1. The van der Waals surface area contributed by atoms with Crippen molar-refractivity contribution < 1.29 is 14.0 Å². The second kappa shape index (κ2) is 9.97. The maximum Gasteiger partial charge on any atom is 0.160 e. The third-order valence-electron chi connectivity index (χ3n) is 6.88. The maximum absolute atomic E-state index is 5.55. The van der Waals surface area contributed by atoms with Gasteiger partial charge in [-0.2, -0.15) is 0 Å². The zero-order valence-electron chi connectivity index (χ0n) is 20.2. The van der Waals surface area contributed by atoms with Gasteiger partial charge < -0.3 is 18.6 Å². The van der Waals surface area contributed by atoms with Crippen molar-refractivity contribution in [2.45, 2.75) is 52.5 Å². The number of fused-ring (bicyclic) bond motifs is 1. The average molecular weight is 461 g/mol. The first-order valence-electron chi connectivity index (χ1n) is 12.1. The molecule has 34 heavy (non-hydrogen) atoms. The van der Waals surface area contributed by atoms with E-state index in [1.807, 2.05) is 32.2 Å². The molecule has 0 aliphatic carbocycles. The summed E-state index contributed by atoms with van der Waals surface area (Å²) in [6.07, 6.45) is 7.10. The van der Waals surface area contributed by atoms with Gasteiger partial charge in [-0.05, 0) is 69.2 Å². The molecule has 4 aromatic rings. The Balaban J connectivity index is 1.44. The molecule has 0 spiro atoms. The molecule has 0 radical (unpaired) electrons. The van der Waals surface area contributed by atoms with Crippen LogP contribution in [0.5, 0.6) is 5.75 Å². The Hall–Kier alpha value is -3.19. The Kier molecular flexibility index (Phi) is 6.63. The van der Waals surface area contributed by atoms with Gasteiger partial charge in [-0.25, -0.2) is 9.97 Å². The number of methoxy groups -OCH3 is 1. The molecule has 4 heterocycles. The summed E-state index contributed by atoms with van der Waals surface area (Å²) in [4.78, 5) is 9.93. The van der Waals surface area contributed by atoms with E-state index in [0.717, 1.165) is 97.2 Å². The molecule has 1 saturated heterocycles. The van der Waals surface area contributed by atoms with Crippen LogP contribution in [0.1, 0.15) is 42.1 Å². The third kappa shape index (κ3) is 4.71. The van der Waals surface area contributed by atoms with Crippen LogP contribution in [-0.2, 0) is 24.1 Å². The van der Waals surface area contributed by atoms with Gasteiger partial charge in [-0.15, -0.1) is 0 Å². The van der Waals surface area contributed by atoms with Crippen molar-refractivity contribution in [2.24, 2.45) is 5.92 Å². The molecule has 1 aromatic carbocycles. The Morgan fingerprint density at radius 1 is 1.09 bits per heavy atom. The molecule has 178 valence electrons. The summed E-state index contributed by atoms with van der Waals surface area (Å²) in [6, 6.07) is 10.4. The van der Waals surface area contributed by atoms with E-state index >= 15 is 0 Å². The lowest BCUT2D eigenvalue weighted by atomic mass is 9.96. The number of aryl methyl sites for hydroxylation is 5. The quantitative estimate of drug-likeness (QED) is 0.355. The Morgan fingerprint density at radius 2 is 1.88 bits per heavy atom. The number of hydrogen-bond donors (Lipinski definition) is 0. The lowest BCUT2D eigenvalue weighted by Gasteiger charge is -2.22. The normalized spacial score (nSPS) is 14.7. The van der Waals surface area contributed by atoms with Crippen molar-refractivity contribution in [3.8, 4) is 16.9 Å². The van der Waals surface area contributed by atoms with Crippen LogP contribution in [0.2, 0.25) is 0 Å². The number of nitrogens with zero attached hydrogens (tertiary/aromatic N) is 4. The molecule has 0 unspecified atom stereocenters. The van der Waals surface area contributed by atoms with E-state index < -0.39 is 0 Å². The number of aromatic nitrogens is 4. The average Bonchev–Trinajstić information content (AvgIpc) is 3.40. The van der Waals surface area contributed by atoms with Crippen LogP contribution in [0, 0.1) is 19.8 Å². The number of imidazole rings is 1. The van der Waals surface area contributed by atoms with Crippen LogP contribution in [-0.4, -0.2) is 40.0 Å². The standard InChI is InChI=1S/C27H32N4O3/c1-18-26(19(2)34-30-18)22-16-24-27(28-17-22)31(13-10-21-11-14-33-15-12-21)25(29-24)9-6-20-4-7-23(32-3)8-5-20/h4-5,7-8,16-17,21H,6,9-15H2,1-3H3. The van der Waals surface area contributed by atoms with Gasteiger partial charge in [0.05, 0.1) is 12.8 Å². The molecule has 0 saturated carbocycles. The van der Waals surface area contributed by atoms with E-state index in [2.05, 4.69) is 27.9 Å². The van der Waals surface area contributed by atoms with Gasteiger partial charge in [0.15, 0.2) is 5.65 Å². The molecule has 0 amide bonds. The molecule has 7 nitrogen and oxygen atoms in total. The van der Waals surface area contributed by atoms with Gasteiger partial charge in [0, 0.05) is 43.5 Å². The van der Waals surface area contributed by atoms with Crippen molar-refractivity contribution in [2.75, 3.05) is 20.3 Å². The molecule has 0 bridgehead atoms. The Morgan fingerprint density at radius 3 is 2.59 bits per heavy atom. The highest BCUT2D eigenvalue weighted by Crippen LogP contribution is 2.29. The summed E-state index contributed by atoms with van der Waals surface area (Å²) in [7, 11) is 1.69. The summed E-state index contributed by atoms with van der Waals surface area (Å²) >= 11 is 0. The highest BCUT2D eigenvalue weighted by atomic mass is 16.5. The van der Waals surface area contributed by atoms with E-state index in [1.165, 1.54) is 5.56 Å². The lowest BCUT2D eigenvalue weighted by molar-refractivity contribution is 0.0626. The topological polar surface area (TPSA) is 75.2 Å². The number of ether oxygens (including phenoxy) is 2. The van der Waals surface area contributed by atoms with Gasteiger partial charge in [-0.3, -0.25) is 0 Å². The molecule has 3 aromatic heterocycles. The maximum atomic E-state index is 5.55. The van der Waals surface area contributed by atoms with Gasteiger partial charge in [-0.1, -0.05) is 17.3 Å². The summed E-state index contributed by atoms with van der Waals surface area (Å²) in [5.74, 6) is 3.46. The second-order valence-corrected chi connectivity index (χ2v) is 9.14. The fourth-order valence-electron chi connectivity index (χ4n) is 4.91. The molecule has 1 aliphatic rings. The van der Waals surface area contributed by atoms with Gasteiger partial charge in [0.25, 0.3) is 0 Å². The smallest absolute Gasteiger partial charge is 0.160 e. The van der Waals surface area contributed by atoms with Gasteiger partial charge in [0.1, 0.15) is 22.9 Å². The van der Waals surface area contributed by atoms with E-state index in [1.54, 1.807) is 7.11 Å². The molecule has 0 atom stereocenters. The van der Waals surface area contributed by atoms with Crippen molar-refractivity contribution in [3.05, 3.63) is 59.4 Å². The molecule has 7 heteroatoms. The SMILES string of the molecule is COc1ccc(CCc2nc3cc(-c4c(C)noc4C)cnc3n2CCC2CCOCC2)cc1. The second-order valence-electron chi connectivity index (χ2n) is 9.14. The zero-order chi connectivity index (χ0) is 23.5. The minimum absolute atomic E-state index is 0.696. The third-order valence-corrected chi connectivity index (χ3v) is 6.88. The van der Waals surface area contributed by atoms with Crippen LogP contribution in [0.15, 0.2) is 41.1 Å². The molecular formula is C27H32N4O3. The molecule has 0 N–H and O–H groups in total. The number of rotatable bonds is 8. The van der Waals surface area contributed by atoms with Crippen LogP contribution in [0.4, 0.5) is 0 Å². The van der Waals surface area contributed by atoms with Crippen LogP contribution in [0.3, 0.4) is 0 Å². The summed E-state index contributed by atoms with van der Waals surface area (Å²) in [6.45, 7) is 6.57. The van der Waals surface area contributed by atoms with Crippen LogP contribution >= 0.6 is 0 Å².